The summed E-state index contributed by atoms with van der Waals surface area (Å²) in [5.41, 5.74) is 9.27. The molecule has 2 atom stereocenters. The molecule has 0 radical (unpaired) electrons. The van der Waals surface area contributed by atoms with E-state index in [4.69, 9.17) is 20.8 Å². The molecule has 1 fully saturated rings. The number of nitrogens with zero attached hydrogens (tertiary/aromatic N) is 5. The predicted molar refractivity (Wildman–Crippen MR) is 137 cm³/mol. The van der Waals surface area contributed by atoms with Gasteiger partial charge in [0.1, 0.15) is 5.82 Å². The number of aromatic nitrogens is 2. The van der Waals surface area contributed by atoms with Gasteiger partial charge < -0.3 is 20.6 Å². The Balaban J connectivity index is 1.57. The predicted octanol–water partition coefficient (Wildman–Crippen LogP) is 2.71. The van der Waals surface area contributed by atoms with E-state index in [1.54, 1.807) is 0 Å². The topological polar surface area (TPSA) is 108 Å². The summed E-state index contributed by atoms with van der Waals surface area (Å²) in [6, 6.07) is 14.2. The van der Waals surface area contributed by atoms with Crippen molar-refractivity contribution in [1.29, 1.82) is 0 Å². The molecule has 0 bridgehead atoms. The molecule has 2 aliphatic rings. The molecule has 34 heavy (non-hydrogen) atoms. The molecule has 3 heterocycles. The van der Waals surface area contributed by atoms with E-state index >= 15 is 0 Å². The number of aliphatic hydroxyl groups excluding tert-OH is 1. The minimum atomic E-state index is -2.59. The third kappa shape index (κ3) is 4.47. The Hall–Kier alpha value is -2.75. The van der Waals surface area contributed by atoms with Crippen LogP contribution in [0.3, 0.4) is 0 Å². The van der Waals surface area contributed by atoms with Crippen molar-refractivity contribution in [1.82, 2.24) is 9.97 Å². The van der Waals surface area contributed by atoms with Gasteiger partial charge >= 0.3 is 0 Å². The first kappa shape index (κ1) is 23.0. The Morgan fingerprint density at radius 1 is 1.18 bits per heavy atom. The van der Waals surface area contributed by atoms with Crippen LogP contribution in [0.25, 0.3) is 10.9 Å². The van der Waals surface area contributed by atoms with Gasteiger partial charge in [-0.3, -0.25) is 0 Å². The van der Waals surface area contributed by atoms with Gasteiger partial charge in [-0.25, -0.2) is 13.6 Å². The van der Waals surface area contributed by atoms with Crippen LogP contribution in [0.4, 0.5) is 11.8 Å². The molecule has 1 aromatic heterocycles. The van der Waals surface area contributed by atoms with Crippen LogP contribution in [-0.2, 0) is 16.3 Å². The zero-order valence-electron chi connectivity index (χ0n) is 19.6. The highest BCUT2D eigenvalue weighted by Gasteiger charge is 2.28. The van der Waals surface area contributed by atoms with Crippen molar-refractivity contribution < 1.29 is 9.32 Å². The molecule has 1 unspecified atom stereocenters. The highest BCUT2D eigenvalue weighted by Crippen LogP contribution is 2.32. The molecule has 180 valence electrons. The van der Waals surface area contributed by atoms with Crippen molar-refractivity contribution in [3.8, 4) is 0 Å². The molecule has 9 heteroatoms. The number of hydrogen-bond donors (Lipinski definition) is 2. The van der Waals surface area contributed by atoms with Gasteiger partial charge in [-0.2, -0.15) is 4.98 Å². The summed E-state index contributed by atoms with van der Waals surface area (Å²) in [5, 5.41) is 10.2. The first-order valence-electron chi connectivity index (χ1n) is 11.9. The fourth-order valence-electron chi connectivity index (χ4n) is 4.74. The maximum Gasteiger partial charge on any atom is 0.228 e. The Morgan fingerprint density at radius 2 is 2.03 bits per heavy atom. The second-order valence-electron chi connectivity index (χ2n) is 9.17. The van der Waals surface area contributed by atoms with Crippen molar-refractivity contribution in [2.24, 2.45) is 10.1 Å². The van der Waals surface area contributed by atoms with Crippen LogP contribution in [0.2, 0.25) is 0 Å². The number of aryl methyl sites for hydroxylation is 1. The Morgan fingerprint density at radius 3 is 2.82 bits per heavy atom. The minimum Gasteiger partial charge on any atom is -0.396 e. The molecule has 0 spiro atoms. The summed E-state index contributed by atoms with van der Waals surface area (Å²) in [6.07, 6.45) is 1.46. The highest BCUT2D eigenvalue weighted by atomic mass is 32.2. The standard InChI is InChI=1S/C25H32N6O2S/c1-18-7-8-22-21(15-18)24(30-11-9-20(26)17-30)29-25(28-22)31-12-14-34(33,27-10-4-13-32)23-6-3-2-5-19(23)16-31/h2-3,5-8,15,20,32H,4,9-14,16-17,26H2,1H3/t20-,34?/m0/s1. The van der Waals surface area contributed by atoms with Gasteiger partial charge in [0.05, 0.1) is 32.4 Å². The summed E-state index contributed by atoms with van der Waals surface area (Å²) < 4.78 is 18.5. The largest absolute Gasteiger partial charge is 0.396 e. The Kier molecular flexibility index (Phi) is 6.42. The van der Waals surface area contributed by atoms with Crippen LogP contribution in [0.5, 0.6) is 0 Å². The number of nitrogens with two attached hydrogens (primary N) is 1. The van der Waals surface area contributed by atoms with E-state index in [0.29, 0.717) is 37.8 Å². The zero-order chi connectivity index (χ0) is 23.7. The summed E-state index contributed by atoms with van der Waals surface area (Å²) in [7, 11) is -2.59. The number of hydrogen-bond acceptors (Lipinski definition) is 8. The Labute approximate surface area is 201 Å². The quantitative estimate of drug-likeness (QED) is 0.541. The lowest BCUT2D eigenvalue weighted by molar-refractivity contribution is 0.291. The van der Waals surface area contributed by atoms with Gasteiger partial charge in [0.25, 0.3) is 0 Å². The van der Waals surface area contributed by atoms with Gasteiger partial charge in [-0.05, 0) is 43.5 Å². The number of aliphatic hydroxyl groups is 1. The monoisotopic (exact) mass is 480 g/mol. The third-order valence-corrected chi connectivity index (χ3v) is 8.98. The van der Waals surface area contributed by atoms with E-state index in [0.717, 1.165) is 46.7 Å². The average Bonchev–Trinajstić information content (AvgIpc) is 3.21. The molecular formula is C25H32N6O2S. The van der Waals surface area contributed by atoms with Crippen LogP contribution in [0, 0.1) is 6.92 Å². The van der Waals surface area contributed by atoms with Crippen LogP contribution in [-0.4, -0.2) is 63.9 Å². The lowest BCUT2D eigenvalue weighted by atomic mass is 10.1. The van der Waals surface area contributed by atoms with Crippen LogP contribution >= 0.6 is 0 Å². The molecule has 3 aromatic rings. The Bertz CT molecular complexity index is 1320. The van der Waals surface area contributed by atoms with Gasteiger partial charge in [0.2, 0.25) is 5.95 Å². The lowest BCUT2D eigenvalue weighted by Gasteiger charge is -2.25. The van der Waals surface area contributed by atoms with Crippen molar-refractivity contribution in [3.05, 3.63) is 53.6 Å². The first-order chi connectivity index (χ1) is 16.5. The fraction of sp³-hybridized carbons (Fsp3) is 0.440. The summed E-state index contributed by atoms with van der Waals surface area (Å²) in [6.45, 7) is 5.26. The van der Waals surface area contributed by atoms with Crippen molar-refractivity contribution in [2.75, 3.05) is 48.3 Å². The van der Waals surface area contributed by atoms with Gasteiger partial charge in [0.15, 0.2) is 0 Å². The summed E-state index contributed by atoms with van der Waals surface area (Å²) in [5.74, 6) is 1.96. The molecule has 5 rings (SSSR count). The van der Waals surface area contributed by atoms with Gasteiger partial charge in [0, 0.05) is 44.2 Å². The van der Waals surface area contributed by atoms with E-state index in [1.165, 1.54) is 5.56 Å². The maximum atomic E-state index is 13.9. The second-order valence-corrected chi connectivity index (χ2v) is 11.6. The number of anilines is 2. The number of rotatable bonds is 5. The third-order valence-electron chi connectivity index (χ3n) is 6.56. The van der Waals surface area contributed by atoms with Gasteiger partial charge in [-0.15, -0.1) is 0 Å². The van der Waals surface area contributed by atoms with E-state index in [9.17, 15) is 4.21 Å². The smallest absolute Gasteiger partial charge is 0.228 e. The van der Waals surface area contributed by atoms with E-state index in [-0.39, 0.29) is 12.6 Å². The summed E-state index contributed by atoms with van der Waals surface area (Å²) in [4.78, 5) is 15.1. The molecule has 0 saturated carbocycles. The molecule has 8 nitrogen and oxygen atoms in total. The lowest BCUT2D eigenvalue weighted by Crippen LogP contribution is -2.30. The SMILES string of the molecule is Cc1ccc2nc(N3CCS(=O)(=NCCCO)c4ccccc4C3)nc(N3CC[C@H](N)C3)c2c1. The molecule has 0 aliphatic carbocycles. The van der Waals surface area contributed by atoms with E-state index in [1.807, 2.05) is 24.3 Å². The molecule has 0 amide bonds. The second kappa shape index (κ2) is 9.48. The molecule has 2 aliphatic heterocycles. The average molecular weight is 481 g/mol. The van der Waals surface area contributed by atoms with Crippen LogP contribution in [0.1, 0.15) is 24.0 Å². The molecule has 2 aromatic carbocycles. The van der Waals surface area contributed by atoms with Crippen molar-refractivity contribution in [2.45, 2.75) is 37.2 Å². The molecule has 1 saturated heterocycles. The maximum absolute atomic E-state index is 13.9. The van der Waals surface area contributed by atoms with E-state index < -0.39 is 9.73 Å². The van der Waals surface area contributed by atoms with Gasteiger partial charge in [-0.1, -0.05) is 29.8 Å². The van der Waals surface area contributed by atoms with Crippen molar-refractivity contribution >= 4 is 32.4 Å². The summed E-state index contributed by atoms with van der Waals surface area (Å²) >= 11 is 0. The zero-order valence-corrected chi connectivity index (χ0v) is 20.4. The first-order valence-corrected chi connectivity index (χ1v) is 13.6. The van der Waals surface area contributed by atoms with Crippen LogP contribution < -0.4 is 15.5 Å². The normalized spacial score (nSPS) is 22.6. The molecule has 3 N–H and O–H groups in total. The fourth-order valence-corrected chi connectivity index (χ4v) is 6.95. The number of benzene rings is 2. The minimum absolute atomic E-state index is 0.0418. The van der Waals surface area contributed by atoms with E-state index in [2.05, 4.69) is 39.3 Å². The molecular weight excluding hydrogens is 448 g/mol. The highest BCUT2D eigenvalue weighted by molar-refractivity contribution is 7.93. The number of fused-ring (bicyclic) bond motifs is 2. The van der Waals surface area contributed by atoms with Crippen LogP contribution in [0.15, 0.2) is 51.7 Å². The van der Waals surface area contributed by atoms with Crippen molar-refractivity contribution in [3.63, 3.8) is 0 Å².